The third-order valence-corrected chi connectivity index (χ3v) is 3.24. The van der Waals surface area contributed by atoms with Crippen LogP contribution in [0, 0.1) is 0 Å². The van der Waals surface area contributed by atoms with Gasteiger partial charge in [0.1, 0.15) is 0 Å². The van der Waals surface area contributed by atoms with Crippen LogP contribution in [0.4, 0.5) is 0 Å². The van der Waals surface area contributed by atoms with Gasteiger partial charge in [-0.1, -0.05) is 18.9 Å². The summed E-state index contributed by atoms with van der Waals surface area (Å²) in [4.78, 5) is 15.6. The Balaban J connectivity index is 1.78. The zero-order valence-corrected chi connectivity index (χ0v) is 9.85. The van der Waals surface area contributed by atoms with Crippen LogP contribution in [0.3, 0.4) is 0 Å². The van der Waals surface area contributed by atoms with Gasteiger partial charge in [-0.25, -0.2) is 0 Å². The van der Waals surface area contributed by atoms with Gasteiger partial charge in [0, 0.05) is 18.9 Å². The molecule has 1 aromatic heterocycles. The number of nitrogens with one attached hydrogen (secondary N) is 1. The number of pyridine rings is 1. The topological polar surface area (TPSA) is 62.2 Å². The Kier molecular flexibility index (Phi) is 3.74. The van der Waals surface area contributed by atoms with Gasteiger partial charge < -0.3 is 10.4 Å². The van der Waals surface area contributed by atoms with E-state index in [2.05, 4.69) is 10.3 Å². The van der Waals surface area contributed by atoms with Crippen LogP contribution in [0.15, 0.2) is 24.5 Å². The van der Waals surface area contributed by atoms with E-state index >= 15 is 0 Å². The van der Waals surface area contributed by atoms with Crippen molar-refractivity contribution in [3.8, 4) is 0 Å². The maximum Gasteiger partial charge on any atom is 0.224 e. The number of carbonyl (C=O) groups excluding carboxylic acids is 1. The van der Waals surface area contributed by atoms with Gasteiger partial charge in [-0.3, -0.25) is 9.78 Å². The molecule has 1 aliphatic carbocycles. The Morgan fingerprint density at radius 2 is 2.24 bits per heavy atom. The maximum atomic E-state index is 11.7. The second-order valence-corrected chi connectivity index (χ2v) is 4.75. The summed E-state index contributed by atoms with van der Waals surface area (Å²) in [6.07, 6.45) is 7.38. The molecule has 0 aliphatic heterocycles. The Hall–Kier alpha value is -1.42. The highest BCUT2D eigenvalue weighted by Crippen LogP contribution is 2.28. The molecule has 0 saturated heterocycles. The molecule has 17 heavy (non-hydrogen) atoms. The number of amides is 1. The number of nitrogens with zero attached hydrogens (tertiary/aromatic N) is 1. The third-order valence-electron chi connectivity index (χ3n) is 3.24. The van der Waals surface area contributed by atoms with E-state index in [1.54, 1.807) is 12.4 Å². The van der Waals surface area contributed by atoms with Crippen molar-refractivity contribution in [3.05, 3.63) is 30.1 Å². The first-order valence-corrected chi connectivity index (χ1v) is 6.06. The highest BCUT2D eigenvalue weighted by molar-refractivity contribution is 5.78. The molecule has 0 unspecified atom stereocenters. The molecule has 4 nitrogen and oxygen atoms in total. The summed E-state index contributed by atoms with van der Waals surface area (Å²) < 4.78 is 0. The van der Waals surface area contributed by atoms with Crippen molar-refractivity contribution in [1.29, 1.82) is 0 Å². The first-order chi connectivity index (χ1) is 8.18. The van der Waals surface area contributed by atoms with Crippen molar-refractivity contribution in [2.45, 2.75) is 37.7 Å². The molecule has 0 spiro atoms. The Morgan fingerprint density at radius 1 is 1.47 bits per heavy atom. The quantitative estimate of drug-likeness (QED) is 0.818. The first kappa shape index (κ1) is 12.0. The van der Waals surface area contributed by atoms with E-state index < -0.39 is 5.60 Å². The molecular weight excluding hydrogens is 216 g/mol. The smallest absolute Gasteiger partial charge is 0.224 e. The lowest BCUT2D eigenvalue weighted by molar-refractivity contribution is -0.121. The van der Waals surface area contributed by atoms with E-state index in [-0.39, 0.29) is 5.91 Å². The largest absolute Gasteiger partial charge is 0.388 e. The molecule has 2 N–H and O–H groups in total. The van der Waals surface area contributed by atoms with Crippen molar-refractivity contribution in [1.82, 2.24) is 10.3 Å². The van der Waals surface area contributed by atoms with Gasteiger partial charge in [0.2, 0.25) is 5.91 Å². The van der Waals surface area contributed by atoms with Gasteiger partial charge in [-0.05, 0) is 24.5 Å². The van der Waals surface area contributed by atoms with Gasteiger partial charge in [-0.15, -0.1) is 0 Å². The minimum Gasteiger partial charge on any atom is -0.388 e. The van der Waals surface area contributed by atoms with Crippen molar-refractivity contribution in [2.75, 3.05) is 6.54 Å². The summed E-state index contributed by atoms with van der Waals surface area (Å²) in [5.74, 6) is -0.0571. The molecule has 0 atom stereocenters. The normalized spacial score (nSPS) is 17.9. The van der Waals surface area contributed by atoms with Crippen molar-refractivity contribution in [2.24, 2.45) is 0 Å². The van der Waals surface area contributed by atoms with Gasteiger partial charge in [-0.2, -0.15) is 0 Å². The van der Waals surface area contributed by atoms with Crippen molar-refractivity contribution < 1.29 is 9.90 Å². The molecule has 1 amide bonds. The Bertz CT molecular complexity index is 372. The average Bonchev–Trinajstić information content (AvgIpc) is 2.76. The molecule has 1 aliphatic rings. The molecule has 1 aromatic rings. The summed E-state index contributed by atoms with van der Waals surface area (Å²) >= 11 is 0. The number of carbonyl (C=O) groups is 1. The van der Waals surface area contributed by atoms with E-state index in [1.807, 2.05) is 12.1 Å². The van der Waals surface area contributed by atoms with Gasteiger partial charge >= 0.3 is 0 Å². The van der Waals surface area contributed by atoms with Gasteiger partial charge in [0.05, 0.1) is 12.0 Å². The van der Waals surface area contributed by atoms with Crippen LogP contribution in [-0.4, -0.2) is 28.1 Å². The fourth-order valence-corrected chi connectivity index (χ4v) is 2.22. The van der Waals surface area contributed by atoms with E-state index in [0.29, 0.717) is 13.0 Å². The number of rotatable bonds is 4. The number of hydrogen-bond donors (Lipinski definition) is 2. The van der Waals surface area contributed by atoms with E-state index in [0.717, 1.165) is 31.2 Å². The van der Waals surface area contributed by atoms with E-state index in [9.17, 15) is 9.90 Å². The van der Waals surface area contributed by atoms with Crippen LogP contribution in [0.5, 0.6) is 0 Å². The van der Waals surface area contributed by atoms with Gasteiger partial charge in [0.15, 0.2) is 0 Å². The standard InChI is InChI=1S/C13H18N2O2/c16-12(8-11-4-3-7-14-9-11)15-10-13(17)5-1-2-6-13/h3-4,7,9,17H,1-2,5-6,8,10H2,(H,15,16). The fraction of sp³-hybridized carbons (Fsp3) is 0.538. The minimum absolute atomic E-state index is 0.0571. The third kappa shape index (κ3) is 3.53. The second kappa shape index (κ2) is 5.27. The Labute approximate surface area is 101 Å². The van der Waals surface area contributed by atoms with Crippen LogP contribution in [0.25, 0.3) is 0 Å². The first-order valence-electron chi connectivity index (χ1n) is 6.06. The lowest BCUT2D eigenvalue weighted by Gasteiger charge is -2.22. The number of aromatic nitrogens is 1. The van der Waals surface area contributed by atoms with E-state index in [1.165, 1.54) is 0 Å². The van der Waals surface area contributed by atoms with Gasteiger partial charge in [0.25, 0.3) is 0 Å². The van der Waals surface area contributed by atoms with Crippen LogP contribution in [-0.2, 0) is 11.2 Å². The minimum atomic E-state index is -0.676. The summed E-state index contributed by atoms with van der Waals surface area (Å²) in [5.41, 5.74) is 0.216. The highest BCUT2D eigenvalue weighted by atomic mass is 16.3. The summed E-state index contributed by atoms with van der Waals surface area (Å²) in [5, 5.41) is 12.9. The monoisotopic (exact) mass is 234 g/mol. The fourth-order valence-electron chi connectivity index (χ4n) is 2.22. The number of aliphatic hydroxyl groups is 1. The zero-order chi connectivity index (χ0) is 12.1. The summed E-state index contributed by atoms with van der Waals surface area (Å²) in [6.45, 7) is 0.367. The average molecular weight is 234 g/mol. The second-order valence-electron chi connectivity index (χ2n) is 4.75. The van der Waals surface area contributed by atoms with Crippen LogP contribution < -0.4 is 5.32 Å². The molecule has 92 valence electrons. The molecule has 0 bridgehead atoms. The van der Waals surface area contributed by atoms with Crippen LogP contribution >= 0.6 is 0 Å². The van der Waals surface area contributed by atoms with E-state index in [4.69, 9.17) is 0 Å². The zero-order valence-electron chi connectivity index (χ0n) is 9.85. The summed E-state index contributed by atoms with van der Waals surface area (Å²) in [6, 6.07) is 3.68. The SMILES string of the molecule is O=C(Cc1cccnc1)NCC1(O)CCCC1. The molecule has 2 rings (SSSR count). The number of hydrogen-bond acceptors (Lipinski definition) is 3. The maximum absolute atomic E-state index is 11.7. The molecule has 1 saturated carbocycles. The Morgan fingerprint density at radius 3 is 2.88 bits per heavy atom. The molecule has 1 fully saturated rings. The van der Waals surface area contributed by atoms with Crippen molar-refractivity contribution in [3.63, 3.8) is 0 Å². The lowest BCUT2D eigenvalue weighted by Crippen LogP contribution is -2.41. The summed E-state index contributed by atoms with van der Waals surface area (Å²) in [7, 11) is 0. The lowest BCUT2D eigenvalue weighted by atomic mass is 10.0. The molecule has 1 heterocycles. The predicted molar refractivity (Wildman–Crippen MR) is 64.4 cm³/mol. The molecular formula is C13H18N2O2. The molecule has 0 radical (unpaired) electrons. The van der Waals surface area contributed by atoms with Crippen LogP contribution in [0.1, 0.15) is 31.2 Å². The molecule has 4 heteroatoms. The predicted octanol–water partition coefficient (Wildman–Crippen LogP) is 1.05. The molecule has 0 aromatic carbocycles. The highest BCUT2D eigenvalue weighted by Gasteiger charge is 2.31. The van der Waals surface area contributed by atoms with Crippen molar-refractivity contribution >= 4 is 5.91 Å². The van der Waals surface area contributed by atoms with Crippen LogP contribution in [0.2, 0.25) is 0 Å².